The molecule has 0 aliphatic rings. The molecule has 1 N–H and O–H groups in total. The minimum Gasteiger partial charge on any atom is -0.326 e. The normalized spacial score (nSPS) is 9.00. The van der Waals surface area contributed by atoms with E-state index in [1.54, 1.807) is 0 Å². The molecule has 12 heavy (non-hydrogen) atoms. The van der Waals surface area contributed by atoms with Gasteiger partial charge in [-0.2, -0.15) is 0 Å². The number of anilines is 1. The van der Waals surface area contributed by atoms with Gasteiger partial charge in [-0.25, -0.2) is 0 Å². The monoisotopic (exact) mass is 162 g/mol. The van der Waals surface area contributed by atoms with Crippen molar-refractivity contribution in [1.82, 2.24) is 0 Å². The van der Waals surface area contributed by atoms with Crippen LogP contribution in [-0.2, 0) is 4.79 Å². The largest absolute Gasteiger partial charge is 0.326 e. The molecule has 0 saturated heterocycles. The Morgan fingerprint density at radius 1 is 1.33 bits per heavy atom. The van der Waals surface area contributed by atoms with Crippen molar-refractivity contribution in [3.63, 3.8) is 0 Å². The third kappa shape index (κ3) is 2.58. The molecule has 1 aromatic rings. The Labute approximate surface area is 71.9 Å². The van der Waals surface area contributed by atoms with E-state index in [0.717, 1.165) is 5.69 Å². The lowest BCUT2D eigenvalue weighted by molar-refractivity contribution is -0.112. The summed E-state index contributed by atoms with van der Waals surface area (Å²) < 4.78 is 0. The summed E-state index contributed by atoms with van der Waals surface area (Å²) in [6.07, 6.45) is 2.84. The molecule has 0 aromatic heterocycles. The van der Waals surface area contributed by atoms with Crippen LogP contribution < -0.4 is 5.32 Å². The molecule has 0 bridgehead atoms. The molecule has 0 atom stereocenters. The van der Waals surface area contributed by atoms with Crippen LogP contribution in [0.4, 0.5) is 5.69 Å². The van der Waals surface area contributed by atoms with Crippen LogP contribution in [0.3, 0.4) is 0 Å². The number of amides is 1. The molecular formula is C10H10NO. The van der Waals surface area contributed by atoms with E-state index in [-0.39, 0.29) is 5.91 Å². The van der Waals surface area contributed by atoms with Crippen LogP contribution in [-0.4, -0.2) is 5.91 Å². The van der Waals surface area contributed by atoms with Gasteiger partial charge < -0.3 is 5.32 Å². The van der Waals surface area contributed by atoms with Crippen LogP contribution in [0.25, 0.3) is 0 Å². The van der Waals surface area contributed by atoms with Crippen molar-refractivity contribution in [2.24, 2.45) is 0 Å². The fraction of sp³-hybridized carbons (Fsp3) is 0. The van der Waals surface area contributed by atoms with Gasteiger partial charge in [0.2, 0.25) is 5.91 Å². The SMILES string of the molecule is C=C[CH][14C](=O)Nc1ccccc1. The second-order valence-corrected chi connectivity index (χ2v) is 2.26. The van der Waals surface area contributed by atoms with Gasteiger partial charge in [0, 0.05) is 5.69 Å². The fourth-order valence-corrected chi connectivity index (χ4v) is 0.812. The molecule has 1 rings (SSSR count). The minimum atomic E-state index is -0.156. The Hall–Kier alpha value is -1.57. The first-order chi connectivity index (χ1) is 5.83. The number of para-hydroxylation sites is 1. The maximum atomic E-state index is 11.0. The second-order valence-electron chi connectivity index (χ2n) is 2.26. The van der Waals surface area contributed by atoms with Crippen molar-refractivity contribution in [2.75, 3.05) is 5.32 Å². The van der Waals surface area contributed by atoms with Crippen LogP contribution in [0.15, 0.2) is 43.0 Å². The lowest BCUT2D eigenvalue weighted by atomic mass is 10.3. The average molecular weight is 162 g/mol. The number of rotatable bonds is 3. The molecule has 0 heterocycles. The minimum absolute atomic E-state index is 0.156. The molecule has 2 nitrogen and oxygen atoms in total. The van der Waals surface area contributed by atoms with E-state index >= 15 is 0 Å². The molecule has 1 amide bonds. The first-order valence-electron chi connectivity index (χ1n) is 3.65. The van der Waals surface area contributed by atoms with Crippen molar-refractivity contribution < 1.29 is 4.79 Å². The van der Waals surface area contributed by atoms with E-state index in [4.69, 9.17) is 0 Å². The highest BCUT2D eigenvalue weighted by Gasteiger charge is 1.97. The van der Waals surface area contributed by atoms with Crippen LogP contribution in [0.1, 0.15) is 0 Å². The third-order valence-corrected chi connectivity index (χ3v) is 1.31. The second kappa shape index (κ2) is 4.34. The Kier molecular flexibility index (Phi) is 3.08. The van der Waals surface area contributed by atoms with E-state index in [1.165, 1.54) is 12.5 Å². The maximum Gasteiger partial charge on any atom is 0.232 e. The van der Waals surface area contributed by atoms with Crippen molar-refractivity contribution in [2.45, 2.75) is 0 Å². The lowest BCUT2D eigenvalue weighted by Gasteiger charge is -2.00. The molecule has 1 aromatic carbocycles. The molecule has 0 fully saturated rings. The van der Waals surface area contributed by atoms with Gasteiger partial charge in [0.15, 0.2) is 0 Å². The van der Waals surface area contributed by atoms with Crippen LogP contribution in [0.5, 0.6) is 0 Å². The van der Waals surface area contributed by atoms with Gasteiger partial charge >= 0.3 is 0 Å². The van der Waals surface area contributed by atoms with E-state index in [2.05, 4.69) is 11.9 Å². The summed E-state index contributed by atoms with van der Waals surface area (Å²) >= 11 is 0. The molecule has 2 heteroatoms. The van der Waals surface area contributed by atoms with Gasteiger partial charge in [0.1, 0.15) is 0 Å². The Balaban J connectivity index is 2.52. The summed E-state index contributed by atoms with van der Waals surface area (Å²) in [4.78, 5) is 11.0. The number of nitrogens with one attached hydrogen (secondary N) is 1. The topological polar surface area (TPSA) is 29.1 Å². The molecule has 0 spiro atoms. The quantitative estimate of drug-likeness (QED) is 0.723. The van der Waals surface area contributed by atoms with Crippen LogP contribution >= 0.6 is 0 Å². The van der Waals surface area contributed by atoms with Crippen molar-refractivity contribution in [1.29, 1.82) is 0 Å². The smallest absolute Gasteiger partial charge is 0.232 e. The maximum absolute atomic E-state index is 11.0. The molecule has 0 saturated carbocycles. The van der Waals surface area contributed by atoms with Gasteiger partial charge in [0.25, 0.3) is 0 Å². The summed E-state index contributed by atoms with van der Waals surface area (Å²) in [6.45, 7) is 3.43. The number of carbonyl (C=O) groups excluding carboxylic acids is 1. The first kappa shape index (κ1) is 8.53. The third-order valence-electron chi connectivity index (χ3n) is 1.31. The predicted molar refractivity (Wildman–Crippen MR) is 49.6 cm³/mol. The van der Waals surface area contributed by atoms with Gasteiger partial charge in [-0.05, 0) is 12.1 Å². The molecule has 1 radical (unpaired) electrons. The highest BCUT2D eigenvalue weighted by atomic mass is 16.3. The molecule has 0 aliphatic heterocycles. The number of benzene rings is 1. The standard InChI is InChI=1S/C10H10NO/c1-2-6-10(12)11-9-7-4-3-5-8-9/h2-8H,1H2,(H,11,12)/i10+2. The van der Waals surface area contributed by atoms with Crippen LogP contribution in [0.2, 0.25) is 0 Å². The van der Waals surface area contributed by atoms with E-state index in [1.807, 2.05) is 30.3 Å². The Bertz CT molecular complexity index is 266. The summed E-state index contributed by atoms with van der Waals surface area (Å²) in [6, 6.07) is 9.28. The average Bonchev–Trinajstić information content (AvgIpc) is 2.06. The number of hydrogen-bond acceptors (Lipinski definition) is 1. The summed E-state index contributed by atoms with van der Waals surface area (Å²) in [5.74, 6) is -0.156. The summed E-state index contributed by atoms with van der Waals surface area (Å²) in [7, 11) is 0. The zero-order valence-electron chi connectivity index (χ0n) is 6.66. The molecule has 0 unspecified atom stereocenters. The van der Waals surface area contributed by atoms with Gasteiger partial charge in [-0.15, -0.1) is 6.58 Å². The fourth-order valence-electron chi connectivity index (χ4n) is 0.812. The summed E-state index contributed by atoms with van der Waals surface area (Å²) in [5.41, 5.74) is 0.792. The van der Waals surface area contributed by atoms with Gasteiger partial charge in [-0.1, -0.05) is 24.3 Å². The highest BCUT2D eigenvalue weighted by Crippen LogP contribution is 2.04. The predicted octanol–water partition coefficient (Wildman–Crippen LogP) is 2.02. The molecular weight excluding hydrogens is 152 g/mol. The van der Waals surface area contributed by atoms with E-state index in [9.17, 15) is 4.79 Å². The van der Waals surface area contributed by atoms with Gasteiger partial charge in [0.05, 0.1) is 6.42 Å². The molecule has 61 valence electrons. The first-order valence-corrected chi connectivity index (χ1v) is 3.65. The van der Waals surface area contributed by atoms with Crippen LogP contribution in [0, 0.1) is 6.42 Å². The lowest BCUT2D eigenvalue weighted by Crippen LogP contribution is -2.10. The number of carbonyl (C=O) groups is 1. The highest BCUT2D eigenvalue weighted by molar-refractivity contribution is 5.98. The zero-order valence-corrected chi connectivity index (χ0v) is 6.66. The Morgan fingerprint density at radius 2 is 2.00 bits per heavy atom. The number of hydrogen-bond donors (Lipinski definition) is 1. The Morgan fingerprint density at radius 3 is 2.58 bits per heavy atom. The summed E-state index contributed by atoms with van der Waals surface area (Å²) in [5, 5.41) is 2.68. The van der Waals surface area contributed by atoms with Crippen molar-refractivity contribution in [3.05, 3.63) is 49.4 Å². The van der Waals surface area contributed by atoms with E-state index < -0.39 is 0 Å². The molecule has 0 aliphatic carbocycles. The van der Waals surface area contributed by atoms with Gasteiger partial charge in [-0.3, -0.25) is 4.79 Å². The van der Waals surface area contributed by atoms with E-state index in [0.29, 0.717) is 0 Å². The zero-order chi connectivity index (χ0) is 8.81. The van der Waals surface area contributed by atoms with Crippen molar-refractivity contribution in [3.8, 4) is 0 Å². The van der Waals surface area contributed by atoms with Crippen molar-refractivity contribution >= 4 is 11.6 Å².